The van der Waals surface area contributed by atoms with E-state index in [4.69, 9.17) is 0 Å². The molecule has 1 aromatic carbocycles. The summed E-state index contributed by atoms with van der Waals surface area (Å²) in [5, 5.41) is 3.71. The molecule has 1 nitrogen and oxygen atoms in total. The van der Waals surface area contributed by atoms with Gasteiger partial charge in [-0.05, 0) is 51.3 Å². The summed E-state index contributed by atoms with van der Waals surface area (Å²) in [4.78, 5) is 2.83. The predicted molar refractivity (Wildman–Crippen MR) is 85.0 cm³/mol. The first-order valence-corrected chi connectivity index (χ1v) is 7.75. The first kappa shape index (κ1) is 14.3. The Hall–Kier alpha value is -1.12. The molecule has 0 bridgehead atoms. The summed E-state index contributed by atoms with van der Waals surface area (Å²) >= 11 is 1.89. The van der Waals surface area contributed by atoms with E-state index in [2.05, 4.69) is 69.4 Å². The average molecular weight is 273 g/mol. The van der Waals surface area contributed by atoms with Crippen LogP contribution >= 0.6 is 11.3 Å². The zero-order valence-electron chi connectivity index (χ0n) is 12.2. The van der Waals surface area contributed by atoms with Gasteiger partial charge >= 0.3 is 0 Å². The Morgan fingerprint density at radius 1 is 1.11 bits per heavy atom. The highest BCUT2D eigenvalue weighted by molar-refractivity contribution is 7.12. The molecule has 0 aliphatic carbocycles. The first-order chi connectivity index (χ1) is 9.06. The molecule has 1 N–H and O–H groups in total. The van der Waals surface area contributed by atoms with Gasteiger partial charge in [0.2, 0.25) is 0 Å². The maximum Gasteiger partial charge on any atom is 0.0305 e. The van der Waals surface area contributed by atoms with Crippen LogP contribution in [0.15, 0.2) is 36.4 Å². The van der Waals surface area contributed by atoms with Crippen LogP contribution in [0.3, 0.4) is 0 Å². The van der Waals surface area contributed by atoms with Gasteiger partial charge in [0.15, 0.2) is 0 Å². The maximum absolute atomic E-state index is 3.71. The summed E-state index contributed by atoms with van der Waals surface area (Å²) in [5.74, 6) is 0. The molecule has 2 aromatic rings. The lowest BCUT2D eigenvalue weighted by Gasteiger charge is -2.20. The number of thiophene rings is 1. The van der Waals surface area contributed by atoms with E-state index >= 15 is 0 Å². The van der Waals surface area contributed by atoms with Crippen molar-refractivity contribution in [3.63, 3.8) is 0 Å². The van der Waals surface area contributed by atoms with E-state index in [1.165, 1.54) is 20.9 Å². The molecule has 1 heterocycles. The third kappa shape index (κ3) is 3.92. The third-order valence-electron chi connectivity index (χ3n) is 3.47. The summed E-state index contributed by atoms with van der Waals surface area (Å²) in [7, 11) is 0. The predicted octanol–water partition coefficient (Wildman–Crippen LogP) is 4.65. The van der Waals surface area contributed by atoms with E-state index in [-0.39, 0.29) is 0 Å². The summed E-state index contributed by atoms with van der Waals surface area (Å²) in [6.45, 7) is 8.92. The van der Waals surface area contributed by atoms with E-state index in [0.29, 0.717) is 12.1 Å². The molecule has 0 radical (unpaired) electrons. The molecular formula is C17H23NS. The van der Waals surface area contributed by atoms with E-state index in [1.807, 2.05) is 11.3 Å². The normalized spacial score (nSPS) is 14.3. The van der Waals surface area contributed by atoms with Crippen molar-refractivity contribution in [2.75, 3.05) is 0 Å². The molecule has 2 atom stereocenters. The molecule has 0 saturated carbocycles. The van der Waals surface area contributed by atoms with Crippen LogP contribution in [0.25, 0.3) is 0 Å². The van der Waals surface area contributed by atoms with Crippen molar-refractivity contribution >= 4 is 11.3 Å². The van der Waals surface area contributed by atoms with Crippen molar-refractivity contribution in [2.24, 2.45) is 0 Å². The van der Waals surface area contributed by atoms with Gasteiger partial charge in [0.1, 0.15) is 0 Å². The Kier molecular flexibility index (Phi) is 4.78. The molecular weight excluding hydrogens is 250 g/mol. The van der Waals surface area contributed by atoms with Gasteiger partial charge in [-0.15, -0.1) is 11.3 Å². The van der Waals surface area contributed by atoms with Gasteiger partial charge in [-0.1, -0.05) is 30.3 Å². The number of hydrogen-bond donors (Lipinski definition) is 1. The minimum Gasteiger partial charge on any atom is -0.307 e. The summed E-state index contributed by atoms with van der Waals surface area (Å²) < 4.78 is 0. The molecule has 0 saturated heterocycles. The van der Waals surface area contributed by atoms with Crippen molar-refractivity contribution in [1.82, 2.24) is 5.32 Å². The summed E-state index contributed by atoms with van der Waals surface area (Å²) in [5.41, 5.74) is 2.84. The van der Waals surface area contributed by atoms with Gasteiger partial charge in [-0.25, -0.2) is 0 Å². The quantitative estimate of drug-likeness (QED) is 0.836. The Labute approximate surface area is 120 Å². The second kappa shape index (κ2) is 6.36. The van der Waals surface area contributed by atoms with Crippen molar-refractivity contribution in [1.29, 1.82) is 0 Å². The molecule has 102 valence electrons. The van der Waals surface area contributed by atoms with E-state index < -0.39 is 0 Å². The fourth-order valence-electron chi connectivity index (χ4n) is 2.62. The first-order valence-electron chi connectivity index (χ1n) is 6.93. The minimum atomic E-state index is 0.420. The van der Waals surface area contributed by atoms with E-state index in [0.717, 1.165) is 6.42 Å². The highest BCUT2D eigenvalue weighted by Crippen LogP contribution is 2.26. The van der Waals surface area contributed by atoms with E-state index in [1.54, 1.807) is 0 Å². The van der Waals surface area contributed by atoms with Crippen LogP contribution in [-0.4, -0.2) is 6.04 Å². The van der Waals surface area contributed by atoms with Crippen LogP contribution < -0.4 is 5.32 Å². The zero-order chi connectivity index (χ0) is 13.8. The number of hydrogen-bond acceptors (Lipinski definition) is 2. The Morgan fingerprint density at radius 3 is 2.37 bits per heavy atom. The molecule has 2 rings (SSSR count). The zero-order valence-corrected chi connectivity index (χ0v) is 13.1. The summed E-state index contributed by atoms with van der Waals surface area (Å²) in [6, 6.07) is 13.9. The van der Waals surface area contributed by atoms with Crippen molar-refractivity contribution < 1.29 is 0 Å². The number of benzene rings is 1. The Morgan fingerprint density at radius 2 is 1.79 bits per heavy atom. The van der Waals surface area contributed by atoms with Gasteiger partial charge in [0.25, 0.3) is 0 Å². The van der Waals surface area contributed by atoms with Gasteiger partial charge in [-0.3, -0.25) is 0 Å². The molecule has 0 aliphatic rings. The second-order valence-corrected chi connectivity index (χ2v) is 6.81. The van der Waals surface area contributed by atoms with Gasteiger partial charge < -0.3 is 5.32 Å². The average Bonchev–Trinajstić information content (AvgIpc) is 2.69. The molecule has 1 aromatic heterocycles. The monoisotopic (exact) mass is 273 g/mol. The third-order valence-corrected chi connectivity index (χ3v) is 4.45. The molecule has 0 amide bonds. The Balaban J connectivity index is 1.95. The fraction of sp³-hybridized carbons (Fsp3) is 0.412. The fourth-order valence-corrected chi connectivity index (χ4v) is 3.65. The smallest absolute Gasteiger partial charge is 0.0305 e. The Bertz CT molecular complexity index is 515. The standard InChI is InChI=1S/C17H23NS/c1-12(10-16-8-6-5-7-9-16)18-14(3)17-11-13(2)19-15(17)4/h5-9,11-12,14,18H,10H2,1-4H3. The SMILES string of the molecule is Cc1cc(C(C)NC(C)Cc2ccccc2)c(C)s1. The molecule has 0 spiro atoms. The summed E-state index contributed by atoms with van der Waals surface area (Å²) in [6.07, 6.45) is 1.08. The highest BCUT2D eigenvalue weighted by atomic mass is 32.1. The lowest BCUT2D eigenvalue weighted by atomic mass is 10.0. The van der Waals surface area contributed by atoms with Crippen molar-refractivity contribution in [3.8, 4) is 0 Å². The van der Waals surface area contributed by atoms with Crippen LogP contribution in [0.5, 0.6) is 0 Å². The topological polar surface area (TPSA) is 12.0 Å². The van der Waals surface area contributed by atoms with Crippen molar-refractivity contribution in [2.45, 2.75) is 46.2 Å². The highest BCUT2D eigenvalue weighted by Gasteiger charge is 2.13. The molecule has 0 aliphatic heterocycles. The number of rotatable bonds is 5. The second-order valence-electron chi connectivity index (χ2n) is 5.35. The molecule has 0 fully saturated rings. The van der Waals surface area contributed by atoms with Gasteiger partial charge in [0, 0.05) is 21.8 Å². The minimum absolute atomic E-state index is 0.420. The van der Waals surface area contributed by atoms with Gasteiger partial charge in [0.05, 0.1) is 0 Å². The van der Waals surface area contributed by atoms with Crippen LogP contribution in [-0.2, 0) is 6.42 Å². The number of aryl methyl sites for hydroxylation is 2. The van der Waals surface area contributed by atoms with Crippen LogP contribution in [0.1, 0.15) is 40.8 Å². The van der Waals surface area contributed by atoms with Crippen LogP contribution in [0.4, 0.5) is 0 Å². The lowest BCUT2D eigenvalue weighted by Crippen LogP contribution is -2.30. The lowest BCUT2D eigenvalue weighted by molar-refractivity contribution is 0.477. The van der Waals surface area contributed by atoms with Crippen LogP contribution in [0.2, 0.25) is 0 Å². The molecule has 19 heavy (non-hydrogen) atoms. The maximum atomic E-state index is 3.71. The van der Waals surface area contributed by atoms with Crippen molar-refractivity contribution in [3.05, 3.63) is 57.3 Å². The van der Waals surface area contributed by atoms with E-state index in [9.17, 15) is 0 Å². The molecule has 2 heteroatoms. The van der Waals surface area contributed by atoms with Gasteiger partial charge in [-0.2, -0.15) is 0 Å². The number of nitrogens with one attached hydrogen (secondary N) is 1. The van der Waals surface area contributed by atoms with Crippen LogP contribution in [0, 0.1) is 13.8 Å². The largest absolute Gasteiger partial charge is 0.307 e. The molecule has 2 unspecified atom stereocenters.